The maximum Gasteiger partial charge on any atom is 0.258 e. The molecular weight excluding hydrogens is 355 g/mol. The molecule has 0 aromatic heterocycles. The Kier molecular flexibility index (Phi) is 5.74. The first-order chi connectivity index (χ1) is 13.6. The Morgan fingerprint density at radius 1 is 1.00 bits per heavy atom. The van der Waals surface area contributed by atoms with E-state index in [9.17, 15) is 14.3 Å². The summed E-state index contributed by atoms with van der Waals surface area (Å²) in [5.41, 5.74) is 3.40. The fourth-order valence-electron chi connectivity index (χ4n) is 4.28. The third kappa shape index (κ3) is 4.10. The molecular formula is C23H27FN2O2. The van der Waals surface area contributed by atoms with E-state index in [0.29, 0.717) is 18.7 Å². The van der Waals surface area contributed by atoms with Crippen molar-refractivity contribution in [3.8, 4) is 0 Å². The van der Waals surface area contributed by atoms with Gasteiger partial charge in [0, 0.05) is 24.3 Å². The number of aryl methyl sites for hydroxylation is 1. The van der Waals surface area contributed by atoms with Crippen molar-refractivity contribution in [3.05, 3.63) is 65.0 Å². The molecule has 2 aliphatic rings. The van der Waals surface area contributed by atoms with E-state index in [0.717, 1.165) is 42.7 Å². The lowest BCUT2D eigenvalue weighted by molar-refractivity contribution is 0.0985. The zero-order valence-electron chi connectivity index (χ0n) is 16.1. The SMILES string of the molecule is O=C(c1ccc(F)cc1)N1CCCc2cc(C(O)CN3CCCCC3)ccc21. The molecule has 2 aliphatic heterocycles. The topological polar surface area (TPSA) is 43.8 Å². The van der Waals surface area contributed by atoms with E-state index in [1.54, 1.807) is 4.90 Å². The van der Waals surface area contributed by atoms with Crippen molar-refractivity contribution in [2.75, 3.05) is 31.1 Å². The largest absolute Gasteiger partial charge is 0.387 e. The molecule has 0 saturated carbocycles. The van der Waals surface area contributed by atoms with Crippen LogP contribution in [0.25, 0.3) is 0 Å². The van der Waals surface area contributed by atoms with Gasteiger partial charge in [-0.3, -0.25) is 4.79 Å². The summed E-state index contributed by atoms with van der Waals surface area (Å²) in [7, 11) is 0. The monoisotopic (exact) mass is 382 g/mol. The Balaban J connectivity index is 1.52. The minimum absolute atomic E-state index is 0.109. The Morgan fingerprint density at radius 3 is 2.50 bits per heavy atom. The summed E-state index contributed by atoms with van der Waals surface area (Å²) in [5.74, 6) is -0.453. The first-order valence-electron chi connectivity index (χ1n) is 10.2. The number of fused-ring (bicyclic) bond motifs is 1. The van der Waals surface area contributed by atoms with Crippen molar-refractivity contribution in [2.24, 2.45) is 0 Å². The van der Waals surface area contributed by atoms with Crippen LogP contribution in [0.5, 0.6) is 0 Å². The van der Waals surface area contributed by atoms with Gasteiger partial charge >= 0.3 is 0 Å². The average molecular weight is 382 g/mol. The molecule has 1 amide bonds. The molecule has 148 valence electrons. The summed E-state index contributed by atoms with van der Waals surface area (Å²) >= 11 is 0. The highest BCUT2D eigenvalue weighted by Gasteiger charge is 2.25. The first-order valence-corrected chi connectivity index (χ1v) is 10.2. The highest BCUT2D eigenvalue weighted by molar-refractivity contribution is 6.06. The van der Waals surface area contributed by atoms with Crippen molar-refractivity contribution in [1.29, 1.82) is 0 Å². The molecule has 0 bridgehead atoms. The molecule has 5 heteroatoms. The zero-order valence-corrected chi connectivity index (χ0v) is 16.1. The number of aliphatic hydroxyl groups excluding tert-OH is 1. The summed E-state index contributed by atoms with van der Waals surface area (Å²) in [5, 5.41) is 10.7. The van der Waals surface area contributed by atoms with Gasteiger partial charge in [0.25, 0.3) is 5.91 Å². The van der Waals surface area contributed by atoms with E-state index in [2.05, 4.69) is 4.90 Å². The standard InChI is InChI=1S/C23H27FN2O2/c24-20-9-6-17(7-10-20)23(28)26-14-4-5-18-15-19(8-11-21(18)26)22(27)16-25-12-2-1-3-13-25/h6-11,15,22,27H,1-5,12-14,16H2. The first kappa shape index (κ1) is 19.1. The summed E-state index contributed by atoms with van der Waals surface area (Å²) in [6.07, 6.45) is 4.96. The summed E-state index contributed by atoms with van der Waals surface area (Å²) in [4.78, 5) is 17.0. The molecule has 2 aromatic carbocycles. The maximum absolute atomic E-state index is 13.2. The number of likely N-dealkylation sites (tertiary alicyclic amines) is 1. The quantitative estimate of drug-likeness (QED) is 0.871. The zero-order chi connectivity index (χ0) is 19.5. The van der Waals surface area contributed by atoms with E-state index < -0.39 is 6.10 Å². The van der Waals surface area contributed by atoms with Gasteiger partial charge in [-0.1, -0.05) is 18.6 Å². The minimum atomic E-state index is -0.508. The van der Waals surface area contributed by atoms with Crippen molar-refractivity contribution >= 4 is 11.6 Å². The molecule has 2 heterocycles. The second kappa shape index (κ2) is 8.41. The molecule has 1 N–H and O–H groups in total. The number of carbonyl (C=O) groups excluding carboxylic acids is 1. The van der Waals surface area contributed by atoms with E-state index in [4.69, 9.17) is 0 Å². The van der Waals surface area contributed by atoms with Gasteiger partial charge in [0.05, 0.1) is 6.10 Å². The van der Waals surface area contributed by atoms with Crippen molar-refractivity contribution in [1.82, 2.24) is 4.90 Å². The normalized spacial score (nSPS) is 18.6. The van der Waals surface area contributed by atoms with Gasteiger partial charge < -0.3 is 14.9 Å². The molecule has 0 aliphatic carbocycles. The number of hydrogen-bond donors (Lipinski definition) is 1. The number of anilines is 1. The number of β-amino-alcohol motifs (C(OH)–C–C–N with tert-alkyl or cyclic N) is 1. The lowest BCUT2D eigenvalue weighted by Gasteiger charge is -2.31. The number of rotatable bonds is 4. The molecule has 4 rings (SSSR count). The van der Waals surface area contributed by atoms with Crippen LogP contribution in [0.1, 0.15) is 53.3 Å². The number of nitrogens with zero attached hydrogens (tertiary/aromatic N) is 2. The summed E-state index contributed by atoms with van der Waals surface area (Å²) in [6, 6.07) is 11.6. The number of aliphatic hydroxyl groups is 1. The third-order valence-electron chi connectivity index (χ3n) is 5.82. The Bertz CT molecular complexity index is 831. The summed E-state index contributed by atoms with van der Waals surface area (Å²) in [6.45, 7) is 3.43. The number of piperidine rings is 1. The van der Waals surface area contributed by atoms with Crippen LogP contribution in [-0.2, 0) is 6.42 Å². The van der Waals surface area contributed by atoms with Crippen LogP contribution in [0.3, 0.4) is 0 Å². The van der Waals surface area contributed by atoms with Crippen molar-refractivity contribution in [2.45, 2.75) is 38.2 Å². The van der Waals surface area contributed by atoms with Crippen LogP contribution in [-0.4, -0.2) is 42.1 Å². The van der Waals surface area contributed by atoms with Gasteiger partial charge in [0.2, 0.25) is 0 Å². The van der Waals surface area contributed by atoms with Crippen LogP contribution in [0.2, 0.25) is 0 Å². The van der Waals surface area contributed by atoms with Crippen molar-refractivity contribution in [3.63, 3.8) is 0 Å². The Labute approximate surface area is 165 Å². The van der Waals surface area contributed by atoms with E-state index in [-0.39, 0.29) is 11.7 Å². The molecule has 0 spiro atoms. The van der Waals surface area contributed by atoms with Gasteiger partial charge in [-0.05, 0) is 80.2 Å². The highest BCUT2D eigenvalue weighted by Crippen LogP contribution is 2.31. The van der Waals surface area contributed by atoms with Crippen LogP contribution < -0.4 is 4.90 Å². The molecule has 2 aromatic rings. The molecule has 1 saturated heterocycles. The van der Waals surface area contributed by atoms with Crippen molar-refractivity contribution < 1.29 is 14.3 Å². The fraction of sp³-hybridized carbons (Fsp3) is 0.435. The lowest BCUT2D eigenvalue weighted by atomic mass is 9.96. The van der Waals surface area contributed by atoms with E-state index in [1.165, 1.54) is 43.5 Å². The number of amides is 1. The van der Waals surface area contributed by atoms with Crippen LogP contribution in [0.4, 0.5) is 10.1 Å². The van der Waals surface area contributed by atoms with Crippen LogP contribution in [0, 0.1) is 5.82 Å². The van der Waals surface area contributed by atoms with Gasteiger partial charge in [-0.25, -0.2) is 4.39 Å². The lowest BCUT2D eigenvalue weighted by Crippen LogP contribution is -2.36. The highest BCUT2D eigenvalue weighted by atomic mass is 19.1. The predicted octanol–water partition coefficient (Wildman–Crippen LogP) is 3.94. The summed E-state index contributed by atoms with van der Waals surface area (Å²) < 4.78 is 13.2. The van der Waals surface area contributed by atoms with Gasteiger partial charge in [0.1, 0.15) is 5.82 Å². The second-order valence-electron chi connectivity index (χ2n) is 7.83. The Hall–Kier alpha value is -2.24. The average Bonchev–Trinajstić information content (AvgIpc) is 2.73. The maximum atomic E-state index is 13.2. The number of carbonyl (C=O) groups is 1. The third-order valence-corrected chi connectivity index (χ3v) is 5.82. The molecule has 28 heavy (non-hydrogen) atoms. The fourth-order valence-corrected chi connectivity index (χ4v) is 4.28. The Morgan fingerprint density at radius 2 is 1.75 bits per heavy atom. The van der Waals surface area contributed by atoms with Crippen LogP contribution in [0.15, 0.2) is 42.5 Å². The van der Waals surface area contributed by atoms with E-state index in [1.807, 2.05) is 18.2 Å². The number of hydrogen-bond acceptors (Lipinski definition) is 3. The molecule has 1 fully saturated rings. The van der Waals surface area contributed by atoms with Gasteiger partial charge in [-0.2, -0.15) is 0 Å². The van der Waals surface area contributed by atoms with E-state index >= 15 is 0 Å². The smallest absolute Gasteiger partial charge is 0.258 e. The second-order valence-corrected chi connectivity index (χ2v) is 7.83. The number of halogens is 1. The molecule has 1 atom stereocenters. The predicted molar refractivity (Wildman–Crippen MR) is 108 cm³/mol. The molecule has 1 unspecified atom stereocenters. The van der Waals surface area contributed by atoms with Gasteiger partial charge in [-0.15, -0.1) is 0 Å². The molecule has 4 nitrogen and oxygen atoms in total. The van der Waals surface area contributed by atoms with Crippen LogP contribution >= 0.6 is 0 Å². The molecule has 0 radical (unpaired) electrons. The van der Waals surface area contributed by atoms with Gasteiger partial charge in [0.15, 0.2) is 0 Å². The number of benzene rings is 2. The minimum Gasteiger partial charge on any atom is -0.387 e.